The zero-order valence-electron chi connectivity index (χ0n) is 11.8. The minimum Gasteiger partial charge on any atom is -0.303 e. The Morgan fingerprint density at radius 1 is 1.11 bits per heavy atom. The van der Waals surface area contributed by atoms with Crippen LogP contribution in [0.5, 0.6) is 0 Å². The van der Waals surface area contributed by atoms with E-state index in [1.807, 2.05) is 14.0 Å². The zero-order chi connectivity index (χ0) is 12.8. The van der Waals surface area contributed by atoms with Crippen LogP contribution in [0, 0.1) is 40.9 Å². The molecule has 0 aromatic carbocycles. The van der Waals surface area contributed by atoms with E-state index in [9.17, 15) is 5.26 Å². The first kappa shape index (κ1) is 12.5. The van der Waals surface area contributed by atoms with Crippen molar-refractivity contribution in [2.75, 3.05) is 7.05 Å². The standard InChI is InChI=1S/C16H26N2/c1-16(10-17,18-2)4-3-15-13-6-11-5-12(8-13)9-14(15)7-11/h11-15,18H,3-9H2,1-2H3. The topological polar surface area (TPSA) is 35.8 Å². The zero-order valence-corrected chi connectivity index (χ0v) is 11.8. The van der Waals surface area contributed by atoms with Crippen LogP contribution < -0.4 is 5.32 Å². The molecule has 0 amide bonds. The monoisotopic (exact) mass is 246 g/mol. The highest BCUT2D eigenvalue weighted by molar-refractivity contribution is 5.05. The third-order valence-corrected chi connectivity index (χ3v) is 6.20. The van der Waals surface area contributed by atoms with Crippen molar-refractivity contribution in [3.8, 4) is 6.07 Å². The average Bonchev–Trinajstić information content (AvgIpc) is 2.37. The SMILES string of the molecule is CNC(C)(C#N)CCC1C2CC3CC(C2)CC1C3. The second-order valence-corrected chi connectivity index (χ2v) is 7.33. The summed E-state index contributed by atoms with van der Waals surface area (Å²) >= 11 is 0. The normalized spacial score (nSPS) is 44.6. The van der Waals surface area contributed by atoms with E-state index in [2.05, 4.69) is 11.4 Å². The average molecular weight is 246 g/mol. The van der Waals surface area contributed by atoms with Gasteiger partial charge >= 0.3 is 0 Å². The molecule has 0 spiro atoms. The van der Waals surface area contributed by atoms with Crippen molar-refractivity contribution in [3.63, 3.8) is 0 Å². The fourth-order valence-electron chi connectivity index (χ4n) is 5.20. The lowest BCUT2D eigenvalue weighted by Gasteiger charge is -2.55. The Hall–Kier alpha value is -0.550. The van der Waals surface area contributed by atoms with Crippen molar-refractivity contribution < 1.29 is 0 Å². The Morgan fingerprint density at radius 2 is 1.67 bits per heavy atom. The summed E-state index contributed by atoms with van der Waals surface area (Å²) in [5.41, 5.74) is -0.311. The van der Waals surface area contributed by atoms with E-state index in [1.165, 1.54) is 38.5 Å². The molecule has 100 valence electrons. The molecule has 4 fully saturated rings. The molecule has 0 saturated heterocycles. The van der Waals surface area contributed by atoms with Gasteiger partial charge in [0.05, 0.1) is 6.07 Å². The molecule has 0 aromatic rings. The highest BCUT2D eigenvalue weighted by Crippen LogP contribution is 2.57. The summed E-state index contributed by atoms with van der Waals surface area (Å²) in [6, 6.07) is 2.44. The minimum atomic E-state index is -0.311. The molecule has 2 nitrogen and oxygen atoms in total. The molecule has 1 N–H and O–H groups in total. The quantitative estimate of drug-likeness (QED) is 0.826. The van der Waals surface area contributed by atoms with Crippen LogP contribution in [-0.2, 0) is 0 Å². The smallest absolute Gasteiger partial charge is 0.103 e. The molecule has 1 atom stereocenters. The lowest BCUT2D eigenvalue weighted by molar-refractivity contribution is -0.0416. The van der Waals surface area contributed by atoms with Crippen LogP contribution in [0.1, 0.15) is 51.9 Å². The first-order valence-corrected chi connectivity index (χ1v) is 7.73. The molecule has 1 unspecified atom stereocenters. The maximum absolute atomic E-state index is 9.25. The van der Waals surface area contributed by atoms with Crippen LogP contribution in [0.2, 0.25) is 0 Å². The Morgan fingerprint density at radius 3 is 2.11 bits per heavy atom. The molecular weight excluding hydrogens is 220 g/mol. The van der Waals surface area contributed by atoms with Gasteiger partial charge in [-0.15, -0.1) is 0 Å². The van der Waals surface area contributed by atoms with Gasteiger partial charge in [-0.3, -0.25) is 0 Å². The first-order chi connectivity index (χ1) is 8.63. The van der Waals surface area contributed by atoms with E-state index in [1.54, 1.807) is 0 Å². The lowest BCUT2D eigenvalue weighted by Crippen LogP contribution is -2.46. The third-order valence-electron chi connectivity index (χ3n) is 6.20. The number of nitrogens with one attached hydrogen (secondary N) is 1. The molecule has 0 aliphatic heterocycles. The van der Waals surface area contributed by atoms with Crippen LogP contribution in [0.15, 0.2) is 0 Å². The van der Waals surface area contributed by atoms with E-state index in [4.69, 9.17) is 0 Å². The number of hydrogen-bond acceptors (Lipinski definition) is 2. The van der Waals surface area contributed by atoms with Gasteiger partial charge in [0.15, 0.2) is 0 Å². The molecule has 4 bridgehead atoms. The Labute approximate surface area is 111 Å². The first-order valence-electron chi connectivity index (χ1n) is 7.73. The summed E-state index contributed by atoms with van der Waals surface area (Å²) in [6.07, 6.45) is 9.82. The van der Waals surface area contributed by atoms with Crippen LogP contribution in [-0.4, -0.2) is 12.6 Å². The maximum atomic E-state index is 9.25. The Kier molecular flexibility index (Phi) is 3.14. The van der Waals surface area contributed by atoms with Gasteiger partial charge in [-0.05, 0) is 88.5 Å². The van der Waals surface area contributed by atoms with Crippen molar-refractivity contribution in [1.82, 2.24) is 5.32 Å². The molecule has 18 heavy (non-hydrogen) atoms. The summed E-state index contributed by atoms with van der Waals surface area (Å²) < 4.78 is 0. The summed E-state index contributed by atoms with van der Waals surface area (Å²) in [5, 5.41) is 12.4. The van der Waals surface area contributed by atoms with Gasteiger partial charge in [0, 0.05) is 0 Å². The number of nitrogens with zero attached hydrogens (tertiary/aromatic N) is 1. The van der Waals surface area contributed by atoms with E-state index >= 15 is 0 Å². The van der Waals surface area contributed by atoms with Crippen molar-refractivity contribution >= 4 is 0 Å². The van der Waals surface area contributed by atoms with Gasteiger partial charge in [0.2, 0.25) is 0 Å². The van der Waals surface area contributed by atoms with Crippen molar-refractivity contribution in [2.24, 2.45) is 29.6 Å². The summed E-state index contributed by atoms with van der Waals surface area (Å²) in [6.45, 7) is 2.04. The molecule has 4 saturated carbocycles. The van der Waals surface area contributed by atoms with Crippen LogP contribution in [0.4, 0.5) is 0 Å². The van der Waals surface area contributed by atoms with Gasteiger partial charge in [-0.2, -0.15) is 5.26 Å². The number of hydrogen-bond donors (Lipinski definition) is 1. The predicted molar refractivity (Wildman–Crippen MR) is 72.8 cm³/mol. The van der Waals surface area contributed by atoms with Crippen molar-refractivity contribution in [3.05, 3.63) is 0 Å². The van der Waals surface area contributed by atoms with E-state index in [0.717, 1.165) is 36.0 Å². The predicted octanol–water partition coefficient (Wildman–Crippen LogP) is 3.34. The van der Waals surface area contributed by atoms with Gasteiger partial charge < -0.3 is 5.32 Å². The molecule has 2 heteroatoms. The van der Waals surface area contributed by atoms with Gasteiger partial charge in [0.25, 0.3) is 0 Å². The summed E-state index contributed by atoms with van der Waals surface area (Å²) in [7, 11) is 1.92. The fraction of sp³-hybridized carbons (Fsp3) is 0.938. The van der Waals surface area contributed by atoms with Crippen LogP contribution in [0.3, 0.4) is 0 Å². The van der Waals surface area contributed by atoms with E-state index in [-0.39, 0.29) is 5.54 Å². The van der Waals surface area contributed by atoms with Crippen molar-refractivity contribution in [2.45, 2.75) is 57.4 Å². The Balaban J connectivity index is 1.62. The Bertz CT molecular complexity index is 329. The number of nitriles is 1. The molecular formula is C16H26N2. The molecule has 4 aliphatic rings. The minimum absolute atomic E-state index is 0.311. The largest absolute Gasteiger partial charge is 0.303 e. The fourth-order valence-corrected chi connectivity index (χ4v) is 5.20. The highest BCUT2D eigenvalue weighted by atomic mass is 14.9. The van der Waals surface area contributed by atoms with Gasteiger partial charge in [-0.1, -0.05) is 0 Å². The maximum Gasteiger partial charge on any atom is 0.103 e. The second kappa shape index (κ2) is 4.53. The van der Waals surface area contributed by atoms with E-state index in [0.29, 0.717) is 0 Å². The van der Waals surface area contributed by atoms with Gasteiger partial charge in [-0.25, -0.2) is 0 Å². The van der Waals surface area contributed by atoms with Crippen LogP contribution in [0.25, 0.3) is 0 Å². The van der Waals surface area contributed by atoms with E-state index < -0.39 is 0 Å². The molecule has 0 aromatic heterocycles. The lowest BCUT2D eigenvalue weighted by atomic mass is 9.51. The van der Waals surface area contributed by atoms with Crippen molar-refractivity contribution in [1.29, 1.82) is 5.26 Å². The van der Waals surface area contributed by atoms with Crippen LogP contribution >= 0.6 is 0 Å². The van der Waals surface area contributed by atoms with Gasteiger partial charge in [0.1, 0.15) is 5.54 Å². The number of rotatable bonds is 4. The summed E-state index contributed by atoms with van der Waals surface area (Å²) in [5.74, 6) is 5.06. The molecule has 4 aliphatic carbocycles. The summed E-state index contributed by atoms with van der Waals surface area (Å²) in [4.78, 5) is 0. The third kappa shape index (κ3) is 2.07. The highest BCUT2D eigenvalue weighted by Gasteiger charge is 2.48. The second-order valence-electron chi connectivity index (χ2n) is 7.33. The molecule has 4 rings (SSSR count). The molecule has 0 radical (unpaired) electrons. The molecule has 0 heterocycles.